The quantitative estimate of drug-likeness (QED) is 0.783. The van der Waals surface area contributed by atoms with Gasteiger partial charge in [0, 0.05) is 13.2 Å². The number of rotatable bonds is 2. The number of pyridine rings is 1. The maximum Gasteiger partial charge on any atom is 0.281 e. The van der Waals surface area contributed by atoms with E-state index in [-0.39, 0.29) is 11.1 Å². The average molecular weight is 294 g/mol. The molecule has 0 radical (unpaired) electrons. The number of nitrogens with zero attached hydrogens (tertiary/aromatic N) is 3. The van der Waals surface area contributed by atoms with Gasteiger partial charge in [-0.05, 0) is 31.2 Å². The second kappa shape index (κ2) is 5.40. The van der Waals surface area contributed by atoms with Crippen LogP contribution in [-0.2, 0) is 7.05 Å². The average Bonchev–Trinajstić information content (AvgIpc) is 2.51. The highest BCUT2D eigenvalue weighted by Crippen LogP contribution is 2.12. The summed E-state index contributed by atoms with van der Waals surface area (Å²) in [4.78, 5) is 28.8. The van der Waals surface area contributed by atoms with Gasteiger partial charge in [0.15, 0.2) is 5.69 Å². The molecule has 1 N–H and O–H groups in total. The molecule has 110 valence electrons. The number of aryl methyl sites for hydroxylation is 2. The number of carbonyl (C=O) groups is 1. The zero-order chi connectivity index (χ0) is 15.7. The molecule has 0 aliphatic heterocycles. The molecule has 1 aromatic carbocycles. The van der Waals surface area contributed by atoms with E-state index < -0.39 is 5.91 Å². The van der Waals surface area contributed by atoms with Gasteiger partial charge in [-0.15, -0.1) is 0 Å². The van der Waals surface area contributed by atoms with Crippen LogP contribution < -0.4 is 10.7 Å². The number of nitrogens with one attached hydrogen (secondary N) is 1. The number of carbonyl (C=O) groups excluding carboxylic acids is 1. The standard InChI is InChI=1S/C16H14N4O2/c1-10-6-7-12-11(9-10)15(21)14(19-20(12)2)16(22)18-13-5-3-4-8-17-13/h3-9H,1-2H3,(H,17,18,22). The van der Waals surface area contributed by atoms with Gasteiger partial charge in [-0.2, -0.15) is 5.10 Å². The predicted octanol–water partition coefficient (Wildman–Crippen LogP) is 1.89. The second-order valence-corrected chi connectivity index (χ2v) is 4.99. The Morgan fingerprint density at radius 1 is 1.23 bits per heavy atom. The Morgan fingerprint density at radius 3 is 2.77 bits per heavy atom. The third-order valence-electron chi connectivity index (χ3n) is 3.33. The highest BCUT2D eigenvalue weighted by molar-refractivity contribution is 6.03. The number of anilines is 1. The fourth-order valence-corrected chi connectivity index (χ4v) is 2.25. The van der Waals surface area contributed by atoms with E-state index in [1.165, 1.54) is 4.68 Å². The number of hydrogen-bond acceptors (Lipinski definition) is 4. The number of amides is 1. The van der Waals surface area contributed by atoms with E-state index in [0.717, 1.165) is 5.56 Å². The molecule has 2 aromatic heterocycles. The van der Waals surface area contributed by atoms with Gasteiger partial charge < -0.3 is 5.32 Å². The maximum atomic E-state index is 12.5. The number of benzene rings is 1. The van der Waals surface area contributed by atoms with Crippen molar-refractivity contribution in [2.75, 3.05) is 5.32 Å². The number of hydrogen-bond donors (Lipinski definition) is 1. The van der Waals surface area contributed by atoms with Crippen molar-refractivity contribution < 1.29 is 4.79 Å². The Balaban J connectivity index is 2.09. The SMILES string of the molecule is Cc1ccc2c(c1)c(=O)c(C(=O)Nc1ccccn1)nn2C. The monoisotopic (exact) mass is 294 g/mol. The van der Waals surface area contributed by atoms with Crippen LogP contribution in [-0.4, -0.2) is 20.7 Å². The van der Waals surface area contributed by atoms with Crippen molar-refractivity contribution >= 4 is 22.6 Å². The maximum absolute atomic E-state index is 12.5. The smallest absolute Gasteiger partial charge is 0.281 e. The summed E-state index contributed by atoms with van der Waals surface area (Å²) in [6, 6.07) is 10.6. The molecule has 2 heterocycles. The van der Waals surface area contributed by atoms with E-state index in [1.54, 1.807) is 37.5 Å². The van der Waals surface area contributed by atoms with Crippen LogP contribution in [0.15, 0.2) is 47.4 Å². The molecule has 3 aromatic rings. The van der Waals surface area contributed by atoms with Gasteiger partial charge in [0.1, 0.15) is 5.82 Å². The van der Waals surface area contributed by atoms with Crippen molar-refractivity contribution in [3.05, 3.63) is 64.1 Å². The second-order valence-electron chi connectivity index (χ2n) is 4.99. The lowest BCUT2D eigenvalue weighted by molar-refractivity contribution is 0.101. The minimum Gasteiger partial charge on any atom is -0.305 e. The number of aromatic nitrogens is 3. The fraction of sp³-hybridized carbons (Fsp3) is 0.125. The summed E-state index contributed by atoms with van der Waals surface area (Å²) in [7, 11) is 1.70. The van der Waals surface area contributed by atoms with Crippen LogP contribution in [0.25, 0.3) is 10.9 Å². The van der Waals surface area contributed by atoms with Gasteiger partial charge in [0.05, 0.1) is 10.9 Å². The van der Waals surface area contributed by atoms with E-state index in [9.17, 15) is 9.59 Å². The zero-order valence-corrected chi connectivity index (χ0v) is 12.2. The third kappa shape index (κ3) is 2.46. The molecule has 22 heavy (non-hydrogen) atoms. The van der Waals surface area contributed by atoms with Crippen molar-refractivity contribution in [2.24, 2.45) is 7.05 Å². The lowest BCUT2D eigenvalue weighted by Gasteiger charge is -2.08. The lowest BCUT2D eigenvalue weighted by Crippen LogP contribution is -2.26. The molecule has 0 spiro atoms. The molecular weight excluding hydrogens is 280 g/mol. The van der Waals surface area contributed by atoms with Gasteiger partial charge in [0.2, 0.25) is 5.43 Å². The van der Waals surface area contributed by atoms with Crippen LogP contribution in [0.2, 0.25) is 0 Å². The van der Waals surface area contributed by atoms with Crippen molar-refractivity contribution in [2.45, 2.75) is 6.92 Å². The van der Waals surface area contributed by atoms with Gasteiger partial charge in [-0.25, -0.2) is 4.98 Å². The van der Waals surface area contributed by atoms with Crippen LogP contribution in [0.3, 0.4) is 0 Å². The van der Waals surface area contributed by atoms with Gasteiger partial charge >= 0.3 is 0 Å². The molecule has 3 rings (SSSR count). The van der Waals surface area contributed by atoms with E-state index in [0.29, 0.717) is 16.7 Å². The molecule has 0 saturated heterocycles. The van der Waals surface area contributed by atoms with Crippen LogP contribution in [0.4, 0.5) is 5.82 Å². The third-order valence-corrected chi connectivity index (χ3v) is 3.33. The van der Waals surface area contributed by atoms with Crippen LogP contribution in [0.1, 0.15) is 16.1 Å². The van der Waals surface area contributed by atoms with E-state index in [4.69, 9.17) is 0 Å². The summed E-state index contributed by atoms with van der Waals surface area (Å²) in [6.07, 6.45) is 1.56. The first kappa shape index (κ1) is 13.9. The van der Waals surface area contributed by atoms with Gasteiger partial charge in [0.25, 0.3) is 5.91 Å². The molecule has 0 unspecified atom stereocenters. The topological polar surface area (TPSA) is 76.9 Å². The summed E-state index contributed by atoms with van der Waals surface area (Å²) in [5.74, 6) is -0.191. The predicted molar refractivity (Wildman–Crippen MR) is 83.9 cm³/mol. The first-order valence-electron chi connectivity index (χ1n) is 6.76. The van der Waals surface area contributed by atoms with Crippen molar-refractivity contribution in [1.82, 2.24) is 14.8 Å². The Morgan fingerprint density at radius 2 is 2.05 bits per heavy atom. The van der Waals surface area contributed by atoms with Crippen molar-refractivity contribution in [3.63, 3.8) is 0 Å². The summed E-state index contributed by atoms with van der Waals surface area (Å²) in [6.45, 7) is 1.90. The lowest BCUT2D eigenvalue weighted by atomic mass is 10.1. The van der Waals surface area contributed by atoms with E-state index >= 15 is 0 Å². The molecule has 0 aliphatic rings. The first-order chi connectivity index (χ1) is 10.6. The molecule has 0 aliphatic carbocycles. The molecular formula is C16H14N4O2. The first-order valence-corrected chi connectivity index (χ1v) is 6.76. The van der Waals surface area contributed by atoms with Crippen LogP contribution >= 0.6 is 0 Å². The fourth-order valence-electron chi connectivity index (χ4n) is 2.25. The summed E-state index contributed by atoms with van der Waals surface area (Å²) >= 11 is 0. The Hall–Kier alpha value is -3.02. The van der Waals surface area contributed by atoms with Gasteiger partial charge in [-0.3, -0.25) is 14.3 Å². The van der Waals surface area contributed by atoms with Gasteiger partial charge in [-0.1, -0.05) is 17.7 Å². The summed E-state index contributed by atoms with van der Waals surface area (Å²) in [5.41, 5.74) is 1.10. The highest BCUT2D eigenvalue weighted by atomic mass is 16.2. The van der Waals surface area contributed by atoms with E-state index in [1.807, 2.05) is 19.1 Å². The van der Waals surface area contributed by atoms with Crippen LogP contribution in [0.5, 0.6) is 0 Å². The molecule has 0 atom stereocenters. The normalized spacial score (nSPS) is 10.6. The summed E-state index contributed by atoms with van der Waals surface area (Å²) < 4.78 is 1.53. The highest BCUT2D eigenvalue weighted by Gasteiger charge is 2.17. The Bertz CT molecular complexity index is 917. The minimum absolute atomic E-state index is 0.147. The Labute approximate surface area is 126 Å². The number of fused-ring (bicyclic) bond motifs is 1. The van der Waals surface area contributed by atoms with Crippen molar-refractivity contribution in [3.8, 4) is 0 Å². The molecule has 6 nitrogen and oxygen atoms in total. The van der Waals surface area contributed by atoms with Crippen molar-refractivity contribution in [1.29, 1.82) is 0 Å². The molecule has 0 saturated carbocycles. The Kier molecular flexibility index (Phi) is 3.42. The molecule has 0 bridgehead atoms. The molecule has 0 fully saturated rings. The summed E-state index contributed by atoms with van der Waals surface area (Å²) in [5, 5.41) is 7.15. The largest absolute Gasteiger partial charge is 0.305 e. The minimum atomic E-state index is -0.567. The molecule has 6 heteroatoms. The zero-order valence-electron chi connectivity index (χ0n) is 12.2. The molecule has 1 amide bonds. The van der Waals surface area contributed by atoms with Crippen LogP contribution in [0, 0.1) is 6.92 Å². The van der Waals surface area contributed by atoms with E-state index in [2.05, 4.69) is 15.4 Å².